The maximum Gasteiger partial charge on any atom is 0.270 e. The van der Waals surface area contributed by atoms with Crippen LogP contribution in [0.4, 0.5) is 4.39 Å². The number of carbonyl (C=O) groups is 1. The number of nitrogens with zero attached hydrogens (tertiary/aromatic N) is 2. The Labute approximate surface area is 175 Å². The number of aromatic nitrogens is 2. The maximum absolute atomic E-state index is 13.4. The molecule has 1 saturated heterocycles. The highest BCUT2D eigenvalue weighted by atomic mass is 19.1. The molecular formula is C23H28FN4O2+. The van der Waals surface area contributed by atoms with Gasteiger partial charge in [-0.2, -0.15) is 5.10 Å². The van der Waals surface area contributed by atoms with E-state index in [2.05, 4.69) is 17.3 Å². The highest BCUT2D eigenvalue weighted by Gasteiger charge is 2.22. The number of hydrogen-bond donors (Lipinski definition) is 2. The van der Waals surface area contributed by atoms with Gasteiger partial charge < -0.3 is 14.6 Å². The van der Waals surface area contributed by atoms with Crippen molar-refractivity contribution >= 4 is 5.91 Å². The molecule has 2 N–H and O–H groups in total. The zero-order valence-corrected chi connectivity index (χ0v) is 17.2. The van der Waals surface area contributed by atoms with Gasteiger partial charge in [-0.1, -0.05) is 0 Å². The molecule has 7 heteroatoms. The molecule has 2 atom stereocenters. The maximum atomic E-state index is 13.4. The van der Waals surface area contributed by atoms with Gasteiger partial charge in [0.25, 0.3) is 5.91 Å². The van der Waals surface area contributed by atoms with E-state index in [0.717, 1.165) is 13.0 Å². The summed E-state index contributed by atoms with van der Waals surface area (Å²) in [4.78, 5) is 14.6. The third-order valence-corrected chi connectivity index (χ3v) is 5.83. The summed E-state index contributed by atoms with van der Waals surface area (Å²) in [5.74, 6) is 0.0385. The number of hydrogen-bond acceptors (Lipinski definition) is 3. The summed E-state index contributed by atoms with van der Waals surface area (Å²) in [5.41, 5.74) is 1.57. The molecule has 0 saturated carbocycles. The predicted molar refractivity (Wildman–Crippen MR) is 112 cm³/mol. The van der Waals surface area contributed by atoms with Gasteiger partial charge in [-0.25, -0.2) is 9.07 Å². The van der Waals surface area contributed by atoms with Gasteiger partial charge in [-0.05, 0) is 62.6 Å². The third-order valence-electron chi connectivity index (χ3n) is 5.83. The predicted octanol–water partition coefficient (Wildman–Crippen LogP) is 2.85. The van der Waals surface area contributed by atoms with Crippen molar-refractivity contribution in [1.29, 1.82) is 0 Å². The molecule has 1 fully saturated rings. The first kappa shape index (κ1) is 20.3. The monoisotopic (exact) mass is 411 g/mol. The van der Waals surface area contributed by atoms with E-state index in [1.807, 2.05) is 0 Å². The molecule has 0 radical (unpaired) electrons. The average molecular weight is 412 g/mol. The molecule has 1 aliphatic rings. The standard InChI is InChI=1S/C23H27FN4O2/c1-17-6-2-3-13-27(17)14-5-12-25-23(29)21-16-20(22-7-4-15-30-22)26-28(21)19-10-8-18(24)9-11-19/h4,7-11,15-17H,2-3,5-6,12-14H2,1H3,(H,25,29)/p+1/t17-/m0/s1. The average Bonchev–Trinajstić information content (AvgIpc) is 3.43. The fourth-order valence-electron chi connectivity index (χ4n) is 4.10. The van der Waals surface area contributed by atoms with E-state index in [9.17, 15) is 9.18 Å². The van der Waals surface area contributed by atoms with Crippen LogP contribution < -0.4 is 10.2 Å². The highest BCUT2D eigenvalue weighted by molar-refractivity contribution is 5.94. The second kappa shape index (κ2) is 9.26. The summed E-state index contributed by atoms with van der Waals surface area (Å²) in [6.07, 6.45) is 6.40. The van der Waals surface area contributed by atoms with E-state index in [4.69, 9.17) is 4.42 Å². The van der Waals surface area contributed by atoms with Gasteiger partial charge >= 0.3 is 0 Å². The Kier molecular flexibility index (Phi) is 6.28. The minimum absolute atomic E-state index is 0.202. The SMILES string of the molecule is C[C@H]1CCCC[NH+]1CCCNC(=O)c1cc(-c2ccco2)nn1-c1ccc(F)cc1. The van der Waals surface area contributed by atoms with Crippen LogP contribution in [-0.2, 0) is 0 Å². The Morgan fingerprint density at radius 3 is 2.87 bits per heavy atom. The number of rotatable bonds is 7. The fourth-order valence-corrected chi connectivity index (χ4v) is 4.10. The number of halogens is 1. The molecule has 0 bridgehead atoms. The number of benzene rings is 1. The van der Waals surface area contributed by atoms with Gasteiger partial charge in [-0.15, -0.1) is 0 Å². The fraction of sp³-hybridized carbons (Fsp3) is 0.391. The summed E-state index contributed by atoms with van der Waals surface area (Å²) in [6, 6.07) is 11.9. The summed E-state index contributed by atoms with van der Waals surface area (Å²) >= 11 is 0. The molecule has 0 aliphatic carbocycles. The van der Waals surface area contributed by atoms with Crippen molar-refractivity contribution in [3.8, 4) is 17.1 Å². The molecule has 30 heavy (non-hydrogen) atoms. The van der Waals surface area contributed by atoms with Crippen molar-refractivity contribution in [3.05, 3.63) is 60.2 Å². The van der Waals surface area contributed by atoms with Crippen LogP contribution in [0.1, 0.15) is 43.1 Å². The van der Waals surface area contributed by atoms with E-state index < -0.39 is 0 Å². The summed E-state index contributed by atoms with van der Waals surface area (Å²) < 4.78 is 20.3. The number of quaternary nitrogens is 1. The van der Waals surface area contributed by atoms with E-state index in [-0.39, 0.29) is 11.7 Å². The lowest BCUT2D eigenvalue weighted by Gasteiger charge is -2.30. The Bertz CT molecular complexity index is 966. The number of amides is 1. The van der Waals surface area contributed by atoms with Crippen LogP contribution in [0.25, 0.3) is 17.1 Å². The van der Waals surface area contributed by atoms with Crippen LogP contribution in [-0.4, -0.2) is 41.4 Å². The van der Waals surface area contributed by atoms with Crippen molar-refractivity contribution in [2.24, 2.45) is 0 Å². The lowest BCUT2D eigenvalue weighted by atomic mass is 10.0. The molecular weight excluding hydrogens is 383 g/mol. The van der Waals surface area contributed by atoms with Crippen LogP contribution in [0.3, 0.4) is 0 Å². The van der Waals surface area contributed by atoms with Crippen LogP contribution in [0.5, 0.6) is 0 Å². The molecule has 2 aromatic heterocycles. The number of carbonyl (C=O) groups excluding carboxylic acids is 1. The number of piperidine rings is 1. The van der Waals surface area contributed by atoms with E-state index in [0.29, 0.717) is 35.4 Å². The molecule has 158 valence electrons. The Balaban J connectivity index is 1.46. The molecule has 1 unspecified atom stereocenters. The van der Waals surface area contributed by atoms with Gasteiger partial charge in [0, 0.05) is 19.0 Å². The molecule has 1 aliphatic heterocycles. The third kappa shape index (κ3) is 4.62. The molecule has 1 aromatic carbocycles. The highest BCUT2D eigenvalue weighted by Crippen LogP contribution is 2.22. The smallest absolute Gasteiger partial charge is 0.270 e. The molecule has 4 rings (SSSR count). The molecule has 0 spiro atoms. The quantitative estimate of drug-likeness (QED) is 0.588. The van der Waals surface area contributed by atoms with Crippen molar-refractivity contribution in [2.45, 2.75) is 38.6 Å². The zero-order valence-electron chi connectivity index (χ0n) is 17.2. The van der Waals surface area contributed by atoms with Gasteiger partial charge in [0.2, 0.25) is 0 Å². The van der Waals surface area contributed by atoms with E-state index >= 15 is 0 Å². The lowest BCUT2D eigenvalue weighted by Crippen LogP contribution is -3.16. The second-order valence-electron chi connectivity index (χ2n) is 7.94. The largest absolute Gasteiger partial charge is 0.463 e. The number of furan rings is 1. The second-order valence-corrected chi connectivity index (χ2v) is 7.94. The van der Waals surface area contributed by atoms with Crippen LogP contribution in [0.15, 0.2) is 53.1 Å². The van der Waals surface area contributed by atoms with Crippen molar-refractivity contribution in [3.63, 3.8) is 0 Å². The zero-order chi connectivity index (χ0) is 20.9. The van der Waals surface area contributed by atoms with Crippen LogP contribution in [0.2, 0.25) is 0 Å². The van der Waals surface area contributed by atoms with Crippen molar-refractivity contribution in [1.82, 2.24) is 15.1 Å². The van der Waals surface area contributed by atoms with Crippen molar-refractivity contribution in [2.75, 3.05) is 19.6 Å². The van der Waals surface area contributed by atoms with Crippen LogP contribution >= 0.6 is 0 Å². The lowest BCUT2D eigenvalue weighted by molar-refractivity contribution is -0.928. The normalized spacial score (nSPS) is 19.0. The minimum atomic E-state index is -0.336. The first-order valence-corrected chi connectivity index (χ1v) is 10.6. The summed E-state index contributed by atoms with van der Waals surface area (Å²) in [7, 11) is 0. The minimum Gasteiger partial charge on any atom is -0.463 e. The van der Waals surface area contributed by atoms with E-state index in [1.165, 1.54) is 42.6 Å². The Morgan fingerprint density at radius 1 is 1.30 bits per heavy atom. The molecule has 3 heterocycles. The first-order chi connectivity index (χ1) is 14.6. The van der Waals surface area contributed by atoms with Crippen molar-refractivity contribution < 1.29 is 18.5 Å². The molecule has 6 nitrogen and oxygen atoms in total. The van der Waals surface area contributed by atoms with Gasteiger partial charge in [0.05, 0.1) is 31.1 Å². The topological polar surface area (TPSA) is 64.5 Å². The Hall–Kier alpha value is -2.93. The van der Waals surface area contributed by atoms with Gasteiger partial charge in [-0.3, -0.25) is 4.79 Å². The summed E-state index contributed by atoms with van der Waals surface area (Å²) in [5, 5.41) is 7.54. The molecule has 1 amide bonds. The first-order valence-electron chi connectivity index (χ1n) is 10.6. The number of nitrogens with one attached hydrogen (secondary N) is 2. The molecule has 3 aromatic rings. The van der Waals surface area contributed by atoms with E-state index in [1.54, 1.807) is 41.5 Å². The van der Waals surface area contributed by atoms with Crippen LogP contribution in [0, 0.1) is 5.82 Å². The Morgan fingerprint density at radius 2 is 2.13 bits per heavy atom. The van der Waals surface area contributed by atoms with Gasteiger partial charge in [0.1, 0.15) is 17.2 Å². The summed E-state index contributed by atoms with van der Waals surface area (Å²) in [6.45, 7) is 5.21. The number of likely N-dealkylation sites (tertiary alicyclic amines) is 1. The van der Waals surface area contributed by atoms with Gasteiger partial charge in [0.15, 0.2) is 5.76 Å².